The highest BCUT2D eigenvalue weighted by Crippen LogP contribution is 2.57. The number of para-hydroxylation sites is 4. The van der Waals surface area contributed by atoms with Gasteiger partial charge in [-0.05, 0) is 154 Å². The molecule has 0 amide bonds. The number of nitrogens with zero attached hydrogens (tertiary/aromatic N) is 4. The zero-order chi connectivity index (χ0) is 65.1. The van der Waals surface area contributed by atoms with Crippen LogP contribution < -0.4 is 19.6 Å². The van der Waals surface area contributed by atoms with E-state index in [0.29, 0.717) is 0 Å². The lowest BCUT2D eigenvalue weighted by Gasteiger charge is -2.30. The van der Waals surface area contributed by atoms with Gasteiger partial charge in [-0.15, -0.1) is 0 Å². The van der Waals surface area contributed by atoms with Crippen LogP contribution >= 0.6 is 0 Å². The first kappa shape index (κ1) is 59.1. The molecule has 12 aromatic carbocycles. The molecule has 0 aromatic heterocycles. The number of anilines is 8. The summed E-state index contributed by atoms with van der Waals surface area (Å²) in [6, 6.07) is 87.8. The third-order valence-corrected chi connectivity index (χ3v) is 21.5. The molecule has 462 valence electrons. The second-order valence-electron chi connectivity index (χ2n) is 27.8. The van der Waals surface area contributed by atoms with Crippen molar-refractivity contribution in [3.8, 4) is 33.4 Å². The average Bonchev–Trinajstić information content (AvgIpc) is 1.59. The van der Waals surface area contributed by atoms with E-state index in [0.717, 1.165) is 0 Å². The molecule has 19 rings (SSSR count). The van der Waals surface area contributed by atoms with Gasteiger partial charge >= 0.3 is 0 Å². The highest BCUT2D eigenvalue weighted by Gasteiger charge is 2.41. The zero-order valence-electron chi connectivity index (χ0n) is 56.0. The van der Waals surface area contributed by atoms with Crippen LogP contribution in [0.15, 0.2) is 243 Å². The molecule has 3 aliphatic carbocycles. The van der Waals surface area contributed by atoms with Crippen molar-refractivity contribution in [2.45, 2.75) is 57.8 Å². The molecule has 0 atom stereocenters. The Labute approximate surface area is 561 Å². The lowest BCUT2D eigenvalue weighted by atomic mass is 9.80. The summed E-state index contributed by atoms with van der Waals surface area (Å²) in [7, 11) is 8.69. The summed E-state index contributed by atoms with van der Waals surface area (Å²) in [6.45, 7) is 14.1. The van der Waals surface area contributed by atoms with Gasteiger partial charge in [0.15, 0.2) is 0 Å². The lowest BCUT2D eigenvalue weighted by Crippen LogP contribution is -2.21. The van der Waals surface area contributed by atoms with Gasteiger partial charge in [-0.3, -0.25) is 0 Å². The minimum atomic E-state index is -0.00134. The van der Waals surface area contributed by atoms with Crippen LogP contribution in [0.2, 0.25) is 0 Å². The molecule has 4 heterocycles. The Kier molecular flexibility index (Phi) is 14.1. The van der Waals surface area contributed by atoms with Gasteiger partial charge in [-0.2, -0.15) is 0 Å². The van der Waals surface area contributed by atoms with Gasteiger partial charge in [0.25, 0.3) is 0 Å². The molecule has 7 aliphatic rings. The number of fused-ring (bicyclic) bond motifs is 21. The van der Waals surface area contributed by atoms with E-state index in [1.807, 2.05) is 0 Å². The fourth-order valence-corrected chi connectivity index (χ4v) is 16.5. The Hall–Kier alpha value is -10.9. The fraction of sp³-hybridized carbons (Fsp3) is 0.143. The van der Waals surface area contributed by atoms with Crippen LogP contribution in [0.1, 0.15) is 119 Å². The van der Waals surface area contributed by atoms with E-state index in [1.54, 1.807) is 0 Å². The minimum Gasteiger partial charge on any atom is -0.344 e. The maximum atomic E-state index is 2.39. The Bertz CT molecular complexity index is 5220. The van der Waals surface area contributed by atoms with Crippen LogP contribution in [0.25, 0.3) is 92.8 Å². The van der Waals surface area contributed by atoms with E-state index in [4.69, 9.17) is 0 Å². The van der Waals surface area contributed by atoms with Gasteiger partial charge in [-0.25, -0.2) is 0 Å². The molecule has 0 unspecified atom stereocenters. The molecule has 95 heavy (non-hydrogen) atoms. The second-order valence-corrected chi connectivity index (χ2v) is 27.8. The van der Waals surface area contributed by atoms with Gasteiger partial charge < -0.3 is 19.6 Å². The van der Waals surface area contributed by atoms with Crippen molar-refractivity contribution >= 4 is 105 Å². The summed E-state index contributed by atoms with van der Waals surface area (Å²) in [5.74, 6) is 0. The third-order valence-electron chi connectivity index (χ3n) is 21.5. The molecular weight excluding hydrogens is 1150 g/mol. The van der Waals surface area contributed by atoms with E-state index in [1.165, 1.54) is 168 Å². The van der Waals surface area contributed by atoms with E-state index >= 15 is 0 Å². The summed E-state index contributed by atoms with van der Waals surface area (Å²) in [4.78, 5) is 9.31. The summed E-state index contributed by atoms with van der Waals surface area (Å²) in [6.07, 6.45) is 18.0. The van der Waals surface area contributed by atoms with E-state index in [-0.39, 0.29) is 16.2 Å². The maximum absolute atomic E-state index is 2.39. The molecule has 4 nitrogen and oxygen atoms in total. The van der Waals surface area contributed by atoms with Crippen LogP contribution in [0.5, 0.6) is 0 Å². The number of hydrogen-bond acceptors (Lipinski definition) is 4. The summed E-state index contributed by atoms with van der Waals surface area (Å²) >= 11 is 0. The topological polar surface area (TPSA) is 13.0 Å². The monoisotopic (exact) mass is 1230 g/mol. The van der Waals surface area contributed by atoms with E-state index in [9.17, 15) is 0 Å². The van der Waals surface area contributed by atoms with Gasteiger partial charge in [-0.1, -0.05) is 290 Å². The van der Waals surface area contributed by atoms with Gasteiger partial charge in [0.05, 0.1) is 11.4 Å². The lowest BCUT2D eigenvalue weighted by molar-refractivity contribution is 0.660. The van der Waals surface area contributed by atoms with Crippen molar-refractivity contribution in [2.75, 3.05) is 47.8 Å². The normalized spacial score (nSPS) is 15.3. The van der Waals surface area contributed by atoms with Crippen molar-refractivity contribution < 1.29 is 0 Å². The van der Waals surface area contributed by atoms with E-state index in [2.05, 4.69) is 381 Å². The van der Waals surface area contributed by atoms with Crippen LogP contribution in [-0.2, 0) is 16.2 Å². The predicted molar refractivity (Wildman–Crippen MR) is 410 cm³/mol. The highest BCUT2D eigenvalue weighted by molar-refractivity contribution is 6.04. The zero-order valence-corrected chi connectivity index (χ0v) is 56.0. The van der Waals surface area contributed by atoms with Crippen molar-refractivity contribution in [2.24, 2.45) is 0 Å². The molecule has 4 aliphatic heterocycles. The molecule has 0 N–H and O–H groups in total. The first-order valence-corrected chi connectivity index (χ1v) is 33.5. The standard InChI is InChI=1S/3C24H21N.C19H15N/c1-24(2)20-10-6-5-9-18(20)19-15-23-17(14-21(19)24)13-12-16-8-4-7-11-22(16)25(23)3;1-24(2)20-10-6-5-9-18(20)19-15-14-17-13-12-16-8-4-7-11-21(16)25(3)23(17)22(19)24;1-24(2)19-10-6-5-9-17(19)23-18-13-12-16-8-4-7-11-21(16)25(3)22(18)15-14-20(23)24;1-20-18-9-5-3-7-15(18)11-13-16-12-10-14-6-2-4-8-17(14)19(16)20/h3*4-15H,1-3H3;2-13H,1H3. The molecule has 0 saturated heterocycles. The van der Waals surface area contributed by atoms with Crippen LogP contribution in [0.3, 0.4) is 0 Å². The van der Waals surface area contributed by atoms with Crippen LogP contribution in [0, 0.1) is 0 Å². The average molecular weight is 1230 g/mol. The Morgan fingerprint density at radius 1 is 0.242 bits per heavy atom. The Morgan fingerprint density at radius 3 is 1.27 bits per heavy atom. The SMILES string of the molecule is CN1c2ccccc2C=Cc2c1ccc1c2-c2ccccc2C1(C)C.CN1c2ccccc2C=Cc2cc3c(cc21)-c1ccccc1C3(C)C.CN1c2ccccc2C=Cc2ccc3c(c21)C(C)(C)c1ccccc1-3.CN1c2ccccc2C=Cc2ccc3ccccc3c21. The van der Waals surface area contributed by atoms with Crippen molar-refractivity contribution in [3.63, 3.8) is 0 Å². The molecule has 0 radical (unpaired) electrons. The third kappa shape index (κ3) is 9.47. The molecule has 0 spiro atoms. The molecule has 12 aromatic rings. The van der Waals surface area contributed by atoms with Crippen LogP contribution in [0.4, 0.5) is 45.5 Å². The first-order chi connectivity index (χ1) is 46.1. The van der Waals surface area contributed by atoms with Gasteiger partial charge in [0.1, 0.15) is 0 Å². The summed E-state index contributed by atoms with van der Waals surface area (Å²) in [5, 5.41) is 2.58. The predicted octanol–water partition coefficient (Wildman–Crippen LogP) is 23.8. The summed E-state index contributed by atoms with van der Waals surface area (Å²) < 4.78 is 0. The quantitative estimate of drug-likeness (QED) is 0.150. The van der Waals surface area contributed by atoms with E-state index < -0.39 is 0 Å². The smallest absolute Gasteiger partial charge is 0.0561 e. The molecule has 0 bridgehead atoms. The number of hydrogen-bond donors (Lipinski definition) is 0. The minimum absolute atomic E-state index is 0.00134. The second kappa shape index (κ2) is 22.7. The molecule has 4 heteroatoms. The first-order valence-electron chi connectivity index (χ1n) is 33.5. The number of benzene rings is 12. The van der Waals surface area contributed by atoms with Crippen molar-refractivity contribution in [3.05, 3.63) is 321 Å². The summed E-state index contributed by atoms with van der Waals surface area (Å²) in [5.41, 5.74) is 37.3. The Morgan fingerprint density at radius 2 is 0.663 bits per heavy atom. The van der Waals surface area contributed by atoms with Crippen molar-refractivity contribution in [1.29, 1.82) is 0 Å². The van der Waals surface area contributed by atoms with Crippen molar-refractivity contribution in [1.82, 2.24) is 0 Å². The van der Waals surface area contributed by atoms with Gasteiger partial charge in [0, 0.05) is 89.5 Å². The Balaban J connectivity index is 0.000000100. The molecular formula is C91H78N4. The fourth-order valence-electron chi connectivity index (χ4n) is 16.5. The van der Waals surface area contributed by atoms with Crippen LogP contribution in [-0.4, -0.2) is 28.2 Å². The largest absolute Gasteiger partial charge is 0.344 e. The molecule has 0 saturated carbocycles. The highest BCUT2D eigenvalue weighted by atomic mass is 15.1. The molecule has 0 fully saturated rings. The number of rotatable bonds is 0. The van der Waals surface area contributed by atoms with Gasteiger partial charge in [0.2, 0.25) is 0 Å². The maximum Gasteiger partial charge on any atom is 0.0561 e.